The van der Waals surface area contributed by atoms with Crippen LogP contribution in [0.5, 0.6) is 5.75 Å². The van der Waals surface area contributed by atoms with Gasteiger partial charge in [-0.2, -0.15) is 5.10 Å². The molecule has 3 heterocycles. The largest absolute Gasteiger partial charge is 0.507 e. The van der Waals surface area contributed by atoms with Crippen molar-refractivity contribution in [2.75, 3.05) is 6.54 Å². The molecule has 128 valence electrons. The molecule has 2 N–H and O–H groups in total. The summed E-state index contributed by atoms with van der Waals surface area (Å²) in [6, 6.07) is 12.8. The summed E-state index contributed by atoms with van der Waals surface area (Å²) in [7, 11) is 0. The van der Waals surface area contributed by atoms with Crippen molar-refractivity contribution in [1.82, 2.24) is 19.7 Å². The topological polar surface area (TPSA) is 74.2 Å². The molecule has 2 aromatic heterocycles. The van der Waals surface area contributed by atoms with Gasteiger partial charge in [-0.3, -0.25) is 9.89 Å². The third-order valence-corrected chi connectivity index (χ3v) is 4.80. The van der Waals surface area contributed by atoms with E-state index in [1.54, 1.807) is 24.3 Å². The molecule has 0 radical (unpaired) electrons. The highest BCUT2D eigenvalue weighted by molar-refractivity contribution is 5.94. The van der Waals surface area contributed by atoms with E-state index in [4.69, 9.17) is 0 Å². The van der Waals surface area contributed by atoms with Gasteiger partial charge in [0.25, 0.3) is 5.91 Å². The molecule has 0 fully saturated rings. The smallest absolute Gasteiger partial charge is 0.272 e. The number of phenolic OH excluding ortho intramolecular Hbond substituents is 1. The van der Waals surface area contributed by atoms with E-state index in [-0.39, 0.29) is 17.7 Å². The summed E-state index contributed by atoms with van der Waals surface area (Å²) in [5, 5.41) is 17.0. The number of hydrogen-bond acceptors (Lipinski definition) is 3. The van der Waals surface area contributed by atoms with Gasteiger partial charge in [0, 0.05) is 30.5 Å². The quantitative estimate of drug-likeness (QED) is 0.771. The second-order valence-electron chi connectivity index (χ2n) is 6.23. The predicted octanol–water partition coefficient (Wildman–Crippen LogP) is 3.19. The maximum atomic E-state index is 13.0. The predicted molar refractivity (Wildman–Crippen MR) is 94.2 cm³/mol. The number of nitrogens with zero attached hydrogens (tertiary/aromatic N) is 3. The van der Waals surface area contributed by atoms with Gasteiger partial charge < -0.3 is 14.6 Å². The summed E-state index contributed by atoms with van der Waals surface area (Å²) < 4.78 is 2.21. The highest BCUT2D eigenvalue weighted by atomic mass is 16.3. The van der Waals surface area contributed by atoms with Crippen molar-refractivity contribution in [3.8, 4) is 17.0 Å². The number of amides is 1. The highest BCUT2D eigenvalue weighted by Crippen LogP contribution is 2.31. The summed E-state index contributed by atoms with van der Waals surface area (Å²) in [5.74, 6) is 0.0868. The first-order valence-electron chi connectivity index (χ1n) is 8.49. The van der Waals surface area contributed by atoms with E-state index in [2.05, 4.69) is 34.0 Å². The van der Waals surface area contributed by atoms with E-state index in [1.165, 1.54) is 5.69 Å². The lowest BCUT2D eigenvalue weighted by Crippen LogP contribution is -2.41. The van der Waals surface area contributed by atoms with E-state index < -0.39 is 0 Å². The zero-order valence-electron chi connectivity index (χ0n) is 14.0. The van der Waals surface area contributed by atoms with Gasteiger partial charge in [-0.25, -0.2) is 0 Å². The molecule has 0 unspecified atom stereocenters. The lowest BCUT2D eigenvalue weighted by atomic mass is 10.1. The van der Waals surface area contributed by atoms with Crippen molar-refractivity contribution >= 4 is 5.91 Å². The standard InChI is InChI=1S/C19H20N4O2/c1-2-16-17-7-5-9-22(17)10-11-23(16)19(25)15-12-14(20-21-15)13-6-3-4-8-18(13)24/h3-9,12,16,24H,2,10-11H2,1H3,(H,20,21)/t16-/m0/s1. The average molecular weight is 336 g/mol. The Balaban J connectivity index is 1.63. The average Bonchev–Trinajstić information content (AvgIpc) is 3.30. The van der Waals surface area contributed by atoms with E-state index in [9.17, 15) is 9.90 Å². The molecule has 6 nitrogen and oxygen atoms in total. The molecule has 0 saturated heterocycles. The van der Waals surface area contributed by atoms with Crippen molar-refractivity contribution in [3.05, 3.63) is 60.0 Å². The molecule has 0 spiro atoms. The van der Waals surface area contributed by atoms with Crippen LogP contribution in [0, 0.1) is 0 Å². The van der Waals surface area contributed by atoms with Gasteiger partial charge in [0.1, 0.15) is 11.4 Å². The van der Waals surface area contributed by atoms with Crippen molar-refractivity contribution in [3.63, 3.8) is 0 Å². The van der Waals surface area contributed by atoms with Crippen LogP contribution < -0.4 is 0 Å². The zero-order chi connectivity index (χ0) is 17.4. The minimum Gasteiger partial charge on any atom is -0.507 e. The minimum absolute atomic E-state index is 0.0616. The van der Waals surface area contributed by atoms with Gasteiger partial charge in [-0.05, 0) is 36.8 Å². The Labute approximate surface area is 145 Å². The highest BCUT2D eigenvalue weighted by Gasteiger charge is 2.31. The van der Waals surface area contributed by atoms with Gasteiger partial charge in [0.05, 0.1) is 11.7 Å². The number of nitrogens with one attached hydrogen (secondary N) is 1. The van der Waals surface area contributed by atoms with Crippen LogP contribution in [0.1, 0.15) is 35.6 Å². The molecular formula is C19H20N4O2. The number of rotatable bonds is 3. The Hall–Kier alpha value is -3.02. The first kappa shape index (κ1) is 15.5. The van der Waals surface area contributed by atoms with Crippen LogP contribution in [0.15, 0.2) is 48.7 Å². The number of carbonyl (C=O) groups is 1. The van der Waals surface area contributed by atoms with Crippen LogP contribution in [0.25, 0.3) is 11.3 Å². The summed E-state index contributed by atoms with van der Waals surface area (Å²) in [6.45, 7) is 3.56. The number of para-hydroxylation sites is 1. The number of benzene rings is 1. The Kier molecular flexibility index (Phi) is 3.80. The second-order valence-corrected chi connectivity index (χ2v) is 6.23. The molecule has 25 heavy (non-hydrogen) atoms. The van der Waals surface area contributed by atoms with Crippen molar-refractivity contribution in [2.24, 2.45) is 0 Å². The molecule has 1 aromatic carbocycles. The van der Waals surface area contributed by atoms with Crippen molar-refractivity contribution in [1.29, 1.82) is 0 Å². The Bertz CT molecular complexity index is 912. The van der Waals surface area contributed by atoms with Crippen LogP contribution in [0.3, 0.4) is 0 Å². The Morgan fingerprint density at radius 1 is 1.28 bits per heavy atom. The second kappa shape index (κ2) is 6.12. The molecule has 0 aliphatic carbocycles. The normalized spacial score (nSPS) is 16.7. The molecule has 1 atom stereocenters. The first-order chi connectivity index (χ1) is 12.2. The molecule has 0 bridgehead atoms. The zero-order valence-corrected chi connectivity index (χ0v) is 14.0. The molecule has 1 aliphatic rings. The number of aromatic hydroxyl groups is 1. The number of carbonyl (C=O) groups excluding carboxylic acids is 1. The number of H-pyrrole nitrogens is 1. The molecular weight excluding hydrogens is 316 g/mol. The summed E-state index contributed by atoms with van der Waals surface area (Å²) in [6.07, 6.45) is 2.92. The van der Waals surface area contributed by atoms with Crippen molar-refractivity contribution < 1.29 is 9.90 Å². The van der Waals surface area contributed by atoms with Crippen molar-refractivity contribution in [2.45, 2.75) is 25.9 Å². The third-order valence-electron chi connectivity index (χ3n) is 4.80. The van der Waals surface area contributed by atoms with Gasteiger partial charge in [0.15, 0.2) is 0 Å². The van der Waals surface area contributed by atoms with E-state index >= 15 is 0 Å². The maximum Gasteiger partial charge on any atom is 0.272 e. The fourth-order valence-corrected chi connectivity index (χ4v) is 3.55. The van der Waals surface area contributed by atoms with Gasteiger partial charge in [-0.15, -0.1) is 0 Å². The lowest BCUT2D eigenvalue weighted by molar-refractivity contribution is 0.0611. The molecule has 6 heteroatoms. The Morgan fingerprint density at radius 3 is 2.92 bits per heavy atom. The molecule has 4 rings (SSSR count). The van der Waals surface area contributed by atoms with Crippen LogP contribution in [0.2, 0.25) is 0 Å². The van der Waals surface area contributed by atoms with E-state index in [0.29, 0.717) is 23.5 Å². The van der Waals surface area contributed by atoms with Crippen LogP contribution >= 0.6 is 0 Å². The van der Waals surface area contributed by atoms with E-state index in [1.807, 2.05) is 17.0 Å². The number of aromatic nitrogens is 3. The van der Waals surface area contributed by atoms with E-state index in [0.717, 1.165) is 13.0 Å². The SMILES string of the molecule is CC[C@H]1c2cccn2CCN1C(=O)c1cc(-c2ccccc2O)n[nH]1. The number of phenols is 1. The lowest BCUT2D eigenvalue weighted by Gasteiger charge is -2.36. The number of hydrogen-bond donors (Lipinski definition) is 2. The number of aromatic amines is 1. The molecule has 1 aliphatic heterocycles. The molecule has 3 aromatic rings. The maximum absolute atomic E-state index is 13.0. The number of fused-ring (bicyclic) bond motifs is 1. The van der Waals surface area contributed by atoms with Gasteiger partial charge in [0.2, 0.25) is 0 Å². The van der Waals surface area contributed by atoms with Gasteiger partial charge >= 0.3 is 0 Å². The summed E-state index contributed by atoms with van der Waals surface area (Å²) in [5.41, 5.74) is 2.78. The van der Waals surface area contributed by atoms with Gasteiger partial charge in [-0.1, -0.05) is 19.1 Å². The minimum atomic E-state index is -0.0616. The fourth-order valence-electron chi connectivity index (χ4n) is 3.55. The Morgan fingerprint density at radius 2 is 2.12 bits per heavy atom. The monoisotopic (exact) mass is 336 g/mol. The third kappa shape index (κ3) is 2.59. The van der Waals surface area contributed by atoms with Crippen LogP contribution in [0.4, 0.5) is 0 Å². The van der Waals surface area contributed by atoms with Crippen LogP contribution in [-0.4, -0.2) is 37.2 Å². The van der Waals surface area contributed by atoms with Crippen LogP contribution in [-0.2, 0) is 6.54 Å². The first-order valence-corrected chi connectivity index (χ1v) is 8.49. The summed E-state index contributed by atoms with van der Waals surface area (Å²) >= 11 is 0. The fraction of sp³-hybridized carbons (Fsp3) is 0.263. The molecule has 1 amide bonds. The molecule has 0 saturated carbocycles. The summed E-state index contributed by atoms with van der Waals surface area (Å²) in [4.78, 5) is 14.9.